The van der Waals surface area contributed by atoms with Gasteiger partial charge in [-0.25, -0.2) is 4.39 Å². The van der Waals surface area contributed by atoms with E-state index in [9.17, 15) is 24.0 Å². The number of imide groups is 1. The molecule has 4 fully saturated rings. The van der Waals surface area contributed by atoms with E-state index in [1.54, 1.807) is 35.2 Å². The van der Waals surface area contributed by atoms with Crippen molar-refractivity contribution in [2.75, 3.05) is 25.0 Å². The highest BCUT2D eigenvalue weighted by molar-refractivity contribution is 6.31. The Morgan fingerprint density at radius 2 is 1.74 bits per heavy atom. The number of rotatable bonds is 7. The zero-order chi connectivity index (χ0) is 42.6. The maximum Gasteiger partial charge on any atom is 0.255 e. The average Bonchev–Trinajstić information content (AvgIpc) is 3.85. The molecular formula is C47H47Cl2FN6O5. The number of carbonyl (C=O) groups excluding carboxylic acids is 5. The lowest BCUT2D eigenvalue weighted by molar-refractivity contribution is -0.137. The summed E-state index contributed by atoms with van der Waals surface area (Å²) in [5.41, 5.74) is 2.37. The Morgan fingerprint density at radius 1 is 0.967 bits per heavy atom. The van der Waals surface area contributed by atoms with Crippen LogP contribution in [0.4, 0.5) is 10.1 Å². The van der Waals surface area contributed by atoms with Crippen molar-refractivity contribution < 1.29 is 28.4 Å². The molecule has 1 saturated carbocycles. The number of nitrogens with one attached hydrogen (secondary N) is 4. The van der Waals surface area contributed by atoms with Crippen LogP contribution in [0.5, 0.6) is 0 Å². The van der Waals surface area contributed by atoms with E-state index in [-0.39, 0.29) is 53.1 Å². The van der Waals surface area contributed by atoms with Crippen LogP contribution >= 0.6 is 23.2 Å². The Balaban J connectivity index is 0.861. The second-order valence-corrected chi connectivity index (χ2v) is 18.1. The van der Waals surface area contributed by atoms with E-state index in [2.05, 4.69) is 44.6 Å². The molecule has 5 heterocycles. The molecule has 11 nitrogen and oxygen atoms in total. The van der Waals surface area contributed by atoms with Crippen molar-refractivity contribution in [3.8, 4) is 11.8 Å². The molecule has 1 aliphatic carbocycles. The molecule has 3 aromatic rings. The SMILES string of the molecule is C=C(CCNC(=O)[C@@H]1NC2(CCCCC2)[C@@]2(C(=O)Nc3cc(Cl)ccc32)[C@H]1c1cccc(Cl)c1F)N1CCC(C#Cc2cccc3c2CN(C2CCC(=O)NC2=O)C3=O)CC1. The van der Waals surface area contributed by atoms with E-state index >= 15 is 4.39 Å². The minimum Gasteiger partial charge on any atom is -0.375 e. The highest BCUT2D eigenvalue weighted by Gasteiger charge is 2.72. The van der Waals surface area contributed by atoms with Gasteiger partial charge in [0.15, 0.2) is 0 Å². The standard InChI is InChI=1S/C47H47Cl2FN6O5/c1-27(55-23-18-28(19-24-55)11-12-29-7-5-8-31-33(29)26-56(44(31)60)37-15-16-38(57)53-42(37)58)17-22-51-43(59)41-39(32-9-6-10-35(49)40(32)50)47(46(54-41)20-3-2-4-21-46)34-14-13-30(48)25-36(34)52-45(47)61/h5-10,13-14,25,28,37,39,41,54H,1-4,15-24,26H2,(H,51,59)(H,52,61)(H,53,57,58)/t37?,39-,41+,47+/m0/s1. The number of carbonyl (C=O) groups is 5. The highest BCUT2D eigenvalue weighted by atomic mass is 35.5. The quantitative estimate of drug-likeness (QED) is 0.161. The Labute approximate surface area is 364 Å². The lowest BCUT2D eigenvalue weighted by Crippen LogP contribution is -2.60. The van der Waals surface area contributed by atoms with Gasteiger partial charge in [0.05, 0.1) is 11.1 Å². The highest BCUT2D eigenvalue weighted by Crippen LogP contribution is 2.62. The van der Waals surface area contributed by atoms with E-state index in [0.717, 1.165) is 62.0 Å². The summed E-state index contributed by atoms with van der Waals surface area (Å²) in [6.45, 7) is 6.41. The fourth-order valence-electron chi connectivity index (χ4n) is 11.0. The molecule has 3 aromatic carbocycles. The zero-order valence-corrected chi connectivity index (χ0v) is 35.2. The van der Waals surface area contributed by atoms with E-state index < -0.39 is 40.7 Å². The third-order valence-corrected chi connectivity index (χ3v) is 14.5. The van der Waals surface area contributed by atoms with Gasteiger partial charge in [0.2, 0.25) is 23.6 Å². The summed E-state index contributed by atoms with van der Waals surface area (Å²) in [4.78, 5) is 70.3. The maximum atomic E-state index is 16.2. The van der Waals surface area contributed by atoms with Gasteiger partial charge < -0.3 is 20.4 Å². The number of halogens is 3. The third kappa shape index (κ3) is 6.99. The minimum absolute atomic E-state index is 0.0735. The molecule has 0 bridgehead atoms. The van der Waals surface area contributed by atoms with Crippen LogP contribution in [0, 0.1) is 23.6 Å². The minimum atomic E-state index is -1.30. The summed E-state index contributed by atoms with van der Waals surface area (Å²) in [5.74, 6) is 3.76. The number of likely N-dealkylation sites (tertiary alicyclic amines) is 1. The van der Waals surface area contributed by atoms with Gasteiger partial charge in [-0.05, 0) is 79.1 Å². The Bertz CT molecular complexity index is 2430. The summed E-state index contributed by atoms with van der Waals surface area (Å²) in [5, 5.41) is 12.6. The molecule has 4 atom stereocenters. The van der Waals surface area contributed by atoms with Gasteiger partial charge in [0.1, 0.15) is 17.3 Å². The van der Waals surface area contributed by atoms with Crippen LogP contribution in [-0.2, 0) is 31.1 Å². The molecule has 2 spiro atoms. The molecule has 5 amide bonds. The van der Waals surface area contributed by atoms with Crippen LogP contribution in [0.15, 0.2) is 66.9 Å². The molecule has 0 aromatic heterocycles. The van der Waals surface area contributed by atoms with Gasteiger partial charge in [-0.3, -0.25) is 34.6 Å². The smallest absolute Gasteiger partial charge is 0.255 e. The molecule has 5 aliphatic heterocycles. The van der Waals surface area contributed by atoms with E-state index in [0.29, 0.717) is 54.1 Å². The molecule has 1 unspecified atom stereocenters. The van der Waals surface area contributed by atoms with Crippen molar-refractivity contribution >= 4 is 58.4 Å². The monoisotopic (exact) mass is 864 g/mol. The number of hydrogen-bond donors (Lipinski definition) is 4. The largest absolute Gasteiger partial charge is 0.375 e. The summed E-state index contributed by atoms with van der Waals surface area (Å²) in [6, 6.07) is 13.9. The summed E-state index contributed by atoms with van der Waals surface area (Å²) in [7, 11) is 0. The van der Waals surface area contributed by atoms with Crippen LogP contribution in [0.3, 0.4) is 0 Å². The number of anilines is 1. The fraction of sp³-hybridized carbons (Fsp3) is 0.426. The topological polar surface area (TPSA) is 140 Å². The molecule has 14 heteroatoms. The van der Waals surface area contributed by atoms with Crippen molar-refractivity contribution in [1.29, 1.82) is 0 Å². The van der Waals surface area contributed by atoms with Crippen LogP contribution in [0.1, 0.15) is 103 Å². The molecule has 3 saturated heterocycles. The molecular weight excluding hydrogens is 818 g/mol. The van der Waals surface area contributed by atoms with E-state index in [1.165, 1.54) is 6.07 Å². The Hall–Kier alpha value is -5.22. The van der Waals surface area contributed by atoms with Gasteiger partial charge >= 0.3 is 0 Å². The third-order valence-electron chi connectivity index (χ3n) is 14.0. The van der Waals surface area contributed by atoms with Crippen molar-refractivity contribution in [1.82, 2.24) is 25.8 Å². The van der Waals surface area contributed by atoms with Crippen molar-refractivity contribution in [2.24, 2.45) is 5.92 Å². The van der Waals surface area contributed by atoms with Gasteiger partial charge in [0.25, 0.3) is 5.91 Å². The molecule has 9 rings (SSSR count). The second-order valence-electron chi connectivity index (χ2n) is 17.2. The fourth-order valence-corrected chi connectivity index (χ4v) is 11.4. The van der Waals surface area contributed by atoms with Gasteiger partial charge in [-0.15, -0.1) is 0 Å². The number of nitrogens with zero attached hydrogens (tertiary/aromatic N) is 2. The average molecular weight is 866 g/mol. The van der Waals surface area contributed by atoms with Crippen molar-refractivity contribution in [3.05, 3.63) is 111 Å². The van der Waals surface area contributed by atoms with Crippen LogP contribution in [0.25, 0.3) is 0 Å². The van der Waals surface area contributed by atoms with Crippen molar-refractivity contribution in [3.63, 3.8) is 0 Å². The first kappa shape index (κ1) is 41.1. The van der Waals surface area contributed by atoms with Gasteiger partial charge in [-0.2, -0.15) is 0 Å². The maximum absolute atomic E-state index is 16.2. The normalized spacial score (nSPS) is 25.5. The number of piperidine rings is 2. The van der Waals surface area contributed by atoms with Crippen molar-refractivity contribution in [2.45, 2.75) is 99.7 Å². The van der Waals surface area contributed by atoms with Gasteiger partial charge in [0, 0.05) is 83.9 Å². The lowest BCUT2D eigenvalue weighted by Gasteiger charge is -2.47. The summed E-state index contributed by atoms with van der Waals surface area (Å²) < 4.78 is 16.2. The van der Waals surface area contributed by atoms with Gasteiger partial charge in [-0.1, -0.05) is 85.1 Å². The number of benzene rings is 3. The molecule has 61 heavy (non-hydrogen) atoms. The predicted octanol–water partition coefficient (Wildman–Crippen LogP) is 6.33. The molecule has 4 N–H and O–H groups in total. The van der Waals surface area contributed by atoms with E-state index in [1.807, 2.05) is 18.2 Å². The van der Waals surface area contributed by atoms with Crippen LogP contribution in [0.2, 0.25) is 10.0 Å². The predicted molar refractivity (Wildman–Crippen MR) is 229 cm³/mol. The second kappa shape index (κ2) is 16.2. The van der Waals surface area contributed by atoms with Crippen LogP contribution < -0.4 is 21.3 Å². The molecule has 0 radical (unpaired) electrons. The Morgan fingerprint density at radius 3 is 2.51 bits per heavy atom. The lowest BCUT2D eigenvalue weighted by atomic mass is 9.55. The number of fused-ring (bicyclic) bond motifs is 4. The molecule has 6 aliphatic rings. The first-order valence-corrected chi connectivity index (χ1v) is 22.0. The summed E-state index contributed by atoms with van der Waals surface area (Å²) >= 11 is 12.8. The number of hydrogen-bond acceptors (Lipinski definition) is 7. The van der Waals surface area contributed by atoms with Crippen LogP contribution in [-0.4, -0.2) is 76.6 Å². The first-order chi connectivity index (χ1) is 29.4. The number of amides is 5. The zero-order valence-electron chi connectivity index (χ0n) is 33.7. The summed E-state index contributed by atoms with van der Waals surface area (Å²) in [6.07, 6.45) is 6.60. The Kier molecular flexibility index (Phi) is 11.0. The first-order valence-electron chi connectivity index (χ1n) is 21.2. The molecule has 316 valence electrons. The van der Waals surface area contributed by atoms with E-state index in [4.69, 9.17) is 23.2 Å².